The highest BCUT2D eigenvalue weighted by atomic mass is 16.5. The number of amides is 2. The Bertz CT molecular complexity index is 1040. The third-order valence-electron chi connectivity index (χ3n) is 6.50. The van der Waals surface area contributed by atoms with Gasteiger partial charge in [0.05, 0.1) is 20.3 Å². The first-order chi connectivity index (χ1) is 19.4. The highest BCUT2D eigenvalue weighted by Crippen LogP contribution is 2.24. The number of nitrogens with one attached hydrogen (secondary N) is 2. The van der Waals surface area contributed by atoms with Gasteiger partial charge in [0.1, 0.15) is 0 Å². The predicted molar refractivity (Wildman–Crippen MR) is 157 cm³/mol. The summed E-state index contributed by atoms with van der Waals surface area (Å²) in [5.41, 5.74) is 4.55. The fraction of sp³-hybridized carbons (Fsp3) is 0.516. The number of hydrogen-bond acceptors (Lipinski definition) is 8. The standard InChI is InChI=1S/C31H46N4O5/c1-5-7-21-40-31(38)33-29(36)24-35(34(3)20-6-2)23-25-15-17-26(18-16-25)28-13-9-8-12-27(28)22-32-19-11-10-14-30(37)39-4/h8-9,12-13,15-18,32H,5-7,10-11,14,19-24H2,1-4H3,(H,33,36,38). The Morgan fingerprint density at radius 1 is 0.925 bits per heavy atom. The summed E-state index contributed by atoms with van der Waals surface area (Å²) in [6, 6.07) is 16.7. The molecule has 0 aliphatic carbocycles. The van der Waals surface area contributed by atoms with Gasteiger partial charge < -0.3 is 14.8 Å². The number of benzene rings is 2. The normalized spacial score (nSPS) is 11.1. The highest BCUT2D eigenvalue weighted by Gasteiger charge is 2.18. The Morgan fingerprint density at radius 2 is 1.68 bits per heavy atom. The first-order valence-corrected chi connectivity index (χ1v) is 14.2. The van der Waals surface area contributed by atoms with Crippen LogP contribution in [0.3, 0.4) is 0 Å². The molecule has 0 spiro atoms. The molecule has 2 aromatic rings. The number of nitrogens with zero attached hydrogens (tertiary/aromatic N) is 2. The molecular formula is C31H46N4O5. The number of hydrazine groups is 1. The number of esters is 1. The fourth-order valence-corrected chi connectivity index (χ4v) is 4.23. The third kappa shape index (κ3) is 12.3. The van der Waals surface area contributed by atoms with E-state index in [1.165, 1.54) is 12.7 Å². The Balaban J connectivity index is 1.98. The lowest BCUT2D eigenvalue weighted by atomic mass is 9.98. The second-order valence-electron chi connectivity index (χ2n) is 9.81. The van der Waals surface area contributed by atoms with Crippen molar-refractivity contribution >= 4 is 18.0 Å². The Kier molecular flexibility index (Phi) is 15.6. The summed E-state index contributed by atoms with van der Waals surface area (Å²) in [5, 5.41) is 9.76. The van der Waals surface area contributed by atoms with Crippen LogP contribution in [0.4, 0.5) is 4.79 Å². The zero-order valence-corrected chi connectivity index (χ0v) is 24.5. The van der Waals surface area contributed by atoms with Crippen LogP contribution < -0.4 is 10.6 Å². The predicted octanol–water partition coefficient (Wildman–Crippen LogP) is 4.90. The lowest BCUT2D eigenvalue weighted by molar-refractivity contribution is -0.140. The van der Waals surface area contributed by atoms with Gasteiger partial charge in [-0.2, -0.15) is 0 Å². The molecule has 0 heterocycles. The van der Waals surface area contributed by atoms with Crippen molar-refractivity contribution in [3.63, 3.8) is 0 Å². The molecule has 0 unspecified atom stereocenters. The molecule has 0 aliphatic rings. The monoisotopic (exact) mass is 554 g/mol. The van der Waals surface area contributed by atoms with Crippen molar-refractivity contribution in [1.29, 1.82) is 0 Å². The first-order valence-electron chi connectivity index (χ1n) is 14.2. The summed E-state index contributed by atoms with van der Waals surface area (Å²) in [6.07, 6.45) is 4.08. The average Bonchev–Trinajstić information content (AvgIpc) is 2.95. The Labute approximate surface area is 239 Å². The number of carbonyl (C=O) groups excluding carboxylic acids is 3. The second kappa shape index (κ2) is 18.9. The van der Waals surface area contributed by atoms with Gasteiger partial charge in [0.2, 0.25) is 5.91 Å². The average molecular weight is 555 g/mol. The largest absolute Gasteiger partial charge is 0.469 e. The van der Waals surface area contributed by atoms with Gasteiger partial charge in [0.25, 0.3) is 0 Å². The topological polar surface area (TPSA) is 100 Å². The molecule has 9 heteroatoms. The van der Waals surface area contributed by atoms with Gasteiger partial charge >= 0.3 is 12.1 Å². The van der Waals surface area contributed by atoms with Crippen molar-refractivity contribution in [2.75, 3.05) is 40.4 Å². The lowest BCUT2D eigenvalue weighted by Gasteiger charge is -2.31. The van der Waals surface area contributed by atoms with E-state index in [0.717, 1.165) is 68.4 Å². The summed E-state index contributed by atoms with van der Waals surface area (Å²) in [7, 11) is 3.36. The van der Waals surface area contributed by atoms with E-state index < -0.39 is 12.0 Å². The van der Waals surface area contributed by atoms with Crippen LogP contribution in [0, 0.1) is 0 Å². The van der Waals surface area contributed by atoms with Gasteiger partial charge in [0.15, 0.2) is 0 Å². The van der Waals surface area contributed by atoms with Crippen molar-refractivity contribution in [2.45, 2.75) is 65.5 Å². The van der Waals surface area contributed by atoms with Gasteiger partial charge in [-0.1, -0.05) is 68.8 Å². The lowest BCUT2D eigenvalue weighted by Crippen LogP contribution is -2.47. The number of alkyl carbamates (subject to hydrolysis) is 1. The molecule has 0 fully saturated rings. The molecule has 0 aromatic heterocycles. The van der Waals surface area contributed by atoms with Crippen molar-refractivity contribution in [2.24, 2.45) is 0 Å². The van der Waals surface area contributed by atoms with E-state index >= 15 is 0 Å². The molecule has 0 saturated carbocycles. The van der Waals surface area contributed by atoms with E-state index in [1.54, 1.807) is 0 Å². The van der Waals surface area contributed by atoms with Crippen LogP contribution in [0.1, 0.15) is 63.5 Å². The number of unbranched alkanes of at least 4 members (excludes halogenated alkanes) is 2. The smallest absolute Gasteiger partial charge is 0.413 e. The molecule has 0 saturated heterocycles. The van der Waals surface area contributed by atoms with Gasteiger partial charge in [-0.05, 0) is 54.5 Å². The number of rotatable bonds is 18. The SMILES string of the molecule is CCCCOC(=O)NC(=O)CN(Cc1ccc(-c2ccccc2CNCCCCC(=O)OC)cc1)N(C)CCC. The van der Waals surface area contributed by atoms with Crippen molar-refractivity contribution in [3.8, 4) is 11.1 Å². The Morgan fingerprint density at radius 3 is 2.38 bits per heavy atom. The molecule has 0 aliphatic heterocycles. The van der Waals surface area contributed by atoms with E-state index in [2.05, 4.69) is 58.7 Å². The van der Waals surface area contributed by atoms with Gasteiger partial charge in [-0.15, -0.1) is 0 Å². The molecule has 2 rings (SSSR count). The molecule has 2 N–H and O–H groups in total. The van der Waals surface area contributed by atoms with Gasteiger partial charge in [-0.3, -0.25) is 14.9 Å². The van der Waals surface area contributed by atoms with Crippen LogP contribution in [0.2, 0.25) is 0 Å². The molecule has 0 radical (unpaired) electrons. The molecule has 0 atom stereocenters. The molecule has 0 bridgehead atoms. The molecule has 40 heavy (non-hydrogen) atoms. The van der Waals surface area contributed by atoms with Crippen LogP contribution in [0.5, 0.6) is 0 Å². The van der Waals surface area contributed by atoms with Crippen LogP contribution in [0.15, 0.2) is 48.5 Å². The first kappa shape index (κ1) is 32.9. The van der Waals surface area contributed by atoms with Crippen LogP contribution >= 0.6 is 0 Å². The molecule has 2 amide bonds. The zero-order valence-electron chi connectivity index (χ0n) is 24.5. The van der Waals surface area contributed by atoms with Gasteiger partial charge in [0, 0.05) is 33.1 Å². The maximum Gasteiger partial charge on any atom is 0.413 e. The number of ether oxygens (including phenoxy) is 2. The van der Waals surface area contributed by atoms with Crippen LogP contribution in [0.25, 0.3) is 11.1 Å². The number of carbonyl (C=O) groups is 3. The summed E-state index contributed by atoms with van der Waals surface area (Å²) >= 11 is 0. The number of imide groups is 1. The Hall–Kier alpha value is -3.27. The minimum atomic E-state index is -0.699. The summed E-state index contributed by atoms with van der Waals surface area (Å²) < 4.78 is 9.75. The minimum absolute atomic E-state index is 0.0509. The molecule has 9 nitrogen and oxygen atoms in total. The van der Waals surface area contributed by atoms with Crippen molar-refractivity contribution in [1.82, 2.24) is 20.7 Å². The van der Waals surface area contributed by atoms with E-state index in [9.17, 15) is 14.4 Å². The van der Waals surface area contributed by atoms with E-state index in [4.69, 9.17) is 4.74 Å². The van der Waals surface area contributed by atoms with Crippen molar-refractivity contribution in [3.05, 3.63) is 59.7 Å². The zero-order chi connectivity index (χ0) is 29.2. The summed E-state index contributed by atoms with van der Waals surface area (Å²) in [5.74, 6) is -0.563. The fourth-order valence-electron chi connectivity index (χ4n) is 4.23. The quantitative estimate of drug-likeness (QED) is 0.153. The van der Waals surface area contributed by atoms with E-state index in [1.807, 2.05) is 36.1 Å². The van der Waals surface area contributed by atoms with E-state index in [-0.39, 0.29) is 12.5 Å². The summed E-state index contributed by atoms with van der Waals surface area (Å²) in [4.78, 5) is 35.7. The van der Waals surface area contributed by atoms with E-state index in [0.29, 0.717) is 19.6 Å². The van der Waals surface area contributed by atoms with Gasteiger partial charge in [-0.25, -0.2) is 14.8 Å². The minimum Gasteiger partial charge on any atom is -0.469 e. The molecule has 220 valence electrons. The molecular weight excluding hydrogens is 508 g/mol. The summed E-state index contributed by atoms with van der Waals surface area (Å²) in [6.45, 7) is 7.34. The number of hydrogen-bond donors (Lipinski definition) is 2. The second-order valence-corrected chi connectivity index (χ2v) is 9.81. The van der Waals surface area contributed by atoms with Crippen molar-refractivity contribution < 1.29 is 23.9 Å². The highest BCUT2D eigenvalue weighted by molar-refractivity contribution is 5.92. The third-order valence-corrected chi connectivity index (χ3v) is 6.50. The molecule has 2 aromatic carbocycles. The number of methoxy groups -OCH3 is 1. The van der Waals surface area contributed by atoms with Crippen LogP contribution in [-0.2, 0) is 32.2 Å². The maximum absolute atomic E-state index is 12.6. The van der Waals surface area contributed by atoms with Crippen LogP contribution in [-0.4, -0.2) is 68.4 Å². The maximum atomic E-state index is 12.6.